The van der Waals surface area contributed by atoms with Gasteiger partial charge in [-0.3, -0.25) is 4.98 Å². The van der Waals surface area contributed by atoms with Crippen LogP contribution >= 0.6 is 0 Å². The van der Waals surface area contributed by atoms with Crippen LogP contribution in [0.1, 0.15) is 19.5 Å². The Bertz CT molecular complexity index is 602. The summed E-state index contributed by atoms with van der Waals surface area (Å²) in [5.74, 6) is 0. The summed E-state index contributed by atoms with van der Waals surface area (Å²) < 4.78 is 0. The predicted octanol–water partition coefficient (Wildman–Crippen LogP) is 2.33. The molecule has 1 heterocycles. The summed E-state index contributed by atoms with van der Waals surface area (Å²) in [5.41, 5.74) is 8.75. The molecular weight excluding hydrogens is 238 g/mol. The van der Waals surface area contributed by atoms with Crippen LogP contribution in [-0.2, 0) is 0 Å². The van der Waals surface area contributed by atoms with Crippen molar-refractivity contribution in [3.8, 4) is 0 Å². The summed E-state index contributed by atoms with van der Waals surface area (Å²) in [7, 11) is 1.97. The molecule has 4 nitrogen and oxygen atoms in total. The van der Waals surface area contributed by atoms with Crippen LogP contribution in [0.2, 0.25) is 0 Å². The number of nitrogen functional groups attached to an aromatic ring is 1. The first kappa shape index (κ1) is 13.6. The van der Waals surface area contributed by atoms with Crippen LogP contribution < -0.4 is 10.6 Å². The first-order valence-corrected chi connectivity index (χ1v) is 6.37. The molecule has 3 N–H and O–H groups in total. The van der Waals surface area contributed by atoms with E-state index in [1.54, 1.807) is 13.8 Å². The number of nitrogens with zero attached hydrogens (tertiary/aromatic N) is 2. The van der Waals surface area contributed by atoms with Crippen LogP contribution in [0.15, 0.2) is 24.3 Å². The summed E-state index contributed by atoms with van der Waals surface area (Å²) >= 11 is 0. The second kappa shape index (κ2) is 4.70. The average Bonchev–Trinajstić information content (AvgIpc) is 2.26. The van der Waals surface area contributed by atoms with E-state index in [1.807, 2.05) is 43.1 Å². The van der Waals surface area contributed by atoms with Crippen LogP contribution in [0.4, 0.5) is 11.4 Å². The van der Waals surface area contributed by atoms with Crippen molar-refractivity contribution >= 4 is 22.3 Å². The predicted molar refractivity (Wildman–Crippen MR) is 80.5 cm³/mol. The minimum atomic E-state index is -0.751. The number of hydrogen-bond donors (Lipinski definition) is 2. The highest BCUT2D eigenvalue weighted by atomic mass is 16.3. The van der Waals surface area contributed by atoms with Gasteiger partial charge in [-0.15, -0.1) is 0 Å². The van der Waals surface area contributed by atoms with Gasteiger partial charge in [0.05, 0.1) is 11.1 Å². The maximum Gasteiger partial charge on any atom is 0.0765 e. The van der Waals surface area contributed by atoms with E-state index in [0.717, 1.165) is 28.0 Å². The lowest BCUT2D eigenvalue weighted by Gasteiger charge is -2.28. The van der Waals surface area contributed by atoms with Gasteiger partial charge in [-0.1, -0.05) is 0 Å². The number of likely N-dealkylation sites (N-methyl/N-ethyl adjacent to an activating group) is 1. The lowest BCUT2D eigenvalue weighted by Crippen LogP contribution is -2.36. The number of nitrogens with two attached hydrogens (primary N) is 1. The fourth-order valence-corrected chi connectivity index (χ4v) is 2.34. The van der Waals surface area contributed by atoms with E-state index in [-0.39, 0.29) is 0 Å². The second-order valence-corrected chi connectivity index (χ2v) is 5.73. The molecule has 0 bridgehead atoms. The Morgan fingerprint density at radius 1 is 1.32 bits per heavy atom. The third-order valence-electron chi connectivity index (χ3n) is 2.97. The SMILES string of the molecule is Cc1cc(N(C)CC(C)(C)O)c2cc(N)ccc2n1. The first-order valence-electron chi connectivity index (χ1n) is 6.37. The Balaban J connectivity index is 2.55. The van der Waals surface area contributed by atoms with Crippen molar-refractivity contribution < 1.29 is 5.11 Å². The van der Waals surface area contributed by atoms with Crippen molar-refractivity contribution in [1.29, 1.82) is 0 Å². The standard InChI is InChI=1S/C15H21N3O/c1-10-7-14(18(4)9-15(2,3)19)12-8-11(16)5-6-13(12)17-10/h5-8,19H,9,16H2,1-4H3. The van der Waals surface area contributed by atoms with Crippen LogP contribution in [-0.4, -0.2) is 29.3 Å². The van der Waals surface area contributed by atoms with Crippen molar-refractivity contribution in [2.24, 2.45) is 0 Å². The highest BCUT2D eigenvalue weighted by Crippen LogP contribution is 2.28. The minimum Gasteiger partial charge on any atom is -0.399 e. The summed E-state index contributed by atoms with van der Waals surface area (Å²) in [4.78, 5) is 6.55. The van der Waals surface area contributed by atoms with Crippen molar-refractivity contribution in [3.05, 3.63) is 30.0 Å². The Hall–Kier alpha value is -1.81. The number of hydrogen-bond acceptors (Lipinski definition) is 4. The molecule has 0 atom stereocenters. The first-order chi connectivity index (χ1) is 8.76. The molecule has 102 valence electrons. The van der Waals surface area contributed by atoms with Crippen LogP contribution in [0, 0.1) is 6.92 Å². The quantitative estimate of drug-likeness (QED) is 0.830. The lowest BCUT2D eigenvalue weighted by molar-refractivity contribution is 0.0887. The molecule has 0 saturated carbocycles. The molecule has 0 aliphatic carbocycles. The molecule has 0 saturated heterocycles. The van der Waals surface area contributed by atoms with Gasteiger partial charge in [-0.2, -0.15) is 0 Å². The molecule has 0 amide bonds. The van der Waals surface area contributed by atoms with Crippen LogP contribution in [0.3, 0.4) is 0 Å². The largest absolute Gasteiger partial charge is 0.399 e. The fourth-order valence-electron chi connectivity index (χ4n) is 2.34. The molecule has 1 aromatic carbocycles. The summed E-state index contributed by atoms with van der Waals surface area (Å²) in [5, 5.41) is 11.0. The Labute approximate surface area is 113 Å². The number of aromatic nitrogens is 1. The molecule has 2 rings (SSSR count). The van der Waals surface area contributed by atoms with E-state index in [4.69, 9.17) is 5.73 Å². The number of fused-ring (bicyclic) bond motifs is 1. The van der Waals surface area contributed by atoms with E-state index in [2.05, 4.69) is 4.98 Å². The molecular formula is C15H21N3O. The zero-order chi connectivity index (χ0) is 14.2. The van der Waals surface area contributed by atoms with Gasteiger partial charge in [0.2, 0.25) is 0 Å². The van der Waals surface area contributed by atoms with Gasteiger partial charge < -0.3 is 15.7 Å². The van der Waals surface area contributed by atoms with Gasteiger partial charge in [-0.25, -0.2) is 0 Å². The second-order valence-electron chi connectivity index (χ2n) is 5.73. The van der Waals surface area contributed by atoms with E-state index in [1.165, 1.54) is 0 Å². The van der Waals surface area contributed by atoms with Gasteiger partial charge in [0.25, 0.3) is 0 Å². The van der Waals surface area contributed by atoms with E-state index < -0.39 is 5.60 Å². The Morgan fingerprint density at radius 2 is 2.00 bits per heavy atom. The number of aryl methyl sites for hydroxylation is 1. The normalized spacial score (nSPS) is 11.8. The van der Waals surface area contributed by atoms with Crippen molar-refractivity contribution in [2.75, 3.05) is 24.2 Å². The average molecular weight is 259 g/mol. The molecule has 0 aliphatic heterocycles. The minimum absolute atomic E-state index is 0.542. The van der Waals surface area contributed by atoms with Gasteiger partial charge in [0.1, 0.15) is 0 Å². The lowest BCUT2D eigenvalue weighted by atomic mass is 10.1. The van der Waals surface area contributed by atoms with Crippen LogP contribution in [0.25, 0.3) is 10.9 Å². The number of pyridine rings is 1. The van der Waals surface area contributed by atoms with Gasteiger partial charge in [0, 0.05) is 36.0 Å². The molecule has 0 unspecified atom stereocenters. The molecule has 2 aromatic rings. The zero-order valence-corrected chi connectivity index (χ0v) is 11.9. The fraction of sp³-hybridized carbons (Fsp3) is 0.400. The number of aliphatic hydroxyl groups is 1. The van der Waals surface area contributed by atoms with E-state index in [9.17, 15) is 5.11 Å². The van der Waals surface area contributed by atoms with E-state index in [0.29, 0.717) is 6.54 Å². The van der Waals surface area contributed by atoms with Crippen molar-refractivity contribution in [1.82, 2.24) is 4.98 Å². The van der Waals surface area contributed by atoms with E-state index >= 15 is 0 Å². The molecule has 1 aromatic heterocycles. The van der Waals surface area contributed by atoms with Crippen molar-refractivity contribution in [2.45, 2.75) is 26.4 Å². The van der Waals surface area contributed by atoms with Gasteiger partial charge in [-0.05, 0) is 45.0 Å². The number of benzene rings is 1. The maximum atomic E-state index is 9.96. The number of rotatable bonds is 3. The summed E-state index contributed by atoms with van der Waals surface area (Å²) in [6.45, 7) is 6.11. The topological polar surface area (TPSA) is 62.4 Å². The smallest absolute Gasteiger partial charge is 0.0765 e. The van der Waals surface area contributed by atoms with Gasteiger partial charge in [0.15, 0.2) is 0 Å². The third kappa shape index (κ3) is 3.15. The van der Waals surface area contributed by atoms with Crippen LogP contribution in [0.5, 0.6) is 0 Å². The van der Waals surface area contributed by atoms with Gasteiger partial charge >= 0.3 is 0 Å². The zero-order valence-electron chi connectivity index (χ0n) is 11.9. The highest BCUT2D eigenvalue weighted by molar-refractivity contribution is 5.94. The third-order valence-corrected chi connectivity index (χ3v) is 2.97. The molecule has 0 radical (unpaired) electrons. The molecule has 19 heavy (non-hydrogen) atoms. The molecule has 0 aliphatic rings. The monoisotopic (exact) mass is 259 g/mol. The highest BCUT2D eigenvalue weighted by Gasteiger charge is 2.18. The molecule has 0 fully saturated rings. The molecule has 0 spiro atoms. The summed E-state index contributed by atoms with van der Waals surface area (Å²) in [6.07, 6.45) is 0. The summed E-state index contributed by atoms with van der Waals surface area (Å²) in [6, 6.07) is 7.74. The Kier molecular flexibility index (Phi) is 3.37. The van der Waals surface area contributed by atoms with Crippen molar-refractivity contribution in [3.63, 3.8) is 0 Å². The Morgan fingerprint density at radius 3 is 2.63 bits per heavy atom. The maximum absolute atomic E-state index is 9.96. The molecule has 4 heteroatoms. The number of anilines is 2.